The molecule has 5 heteroatoms. The number of hydrogen-bond donors (Lipinski definition) is 0. The van der Waals surface area contributed by atoms with Crippen molar-refractivity contribution in [3.8, 4) is 0 Å². The molecule has 0 atom stereocenters. The van der Waals surface area contributed by atoms with Gasteiger partial charge in [-0.15, -0.1) is 11.3 Å². The van der Waals surface area contributed by atoms with Crippen molar-refractivity contribution in [3.05, 3.63) is 111 Å². The van der Waals surface area contributed by atoms with Gasteiger partial charge in [0.15, 0.2) is 0 Å². The molecule has 142 valence electrons. The van der Waals surface area contributed by atoms with E-state index in [0.29, 0.717) is 0 Å². The SMILES string of the molecule is Clc1cc(C[P+](c2ccccc2)(c2ccccc2)c2ccccc2)c(Cl)s1.[Br-]. The Morgan fingerprint density at radius 2 is 1.04 bits per heavy atom. The maximum absolute atomic E-state index is 6.57. The summed E-state index contributed by atoms with van der Waals surface area (Å²) in [6, 6.07) is 34.5. The zero-order chi connectivity index (χ0) is 18.7. The molecule has 0 saturated carbocycles. The first-order valence-electron chi connectivity index (χ1n) is 8.69. The van der Waals surface area contributed by atoms with Crippen LogP contribution in [0.1, 0.15) is 5.56 Å². The first-order chi connectivity index (χ1) is 13.2. The summed E-state index contributed by atoms with van der Waals surface area (Å²) in [5.74, 6) is 0. The molecule has 28 heavy (non-hydrogen) atoms. The molecule has 0 N–H and O–H groups in total. The number of rotatable bonds is 5. The van der Waals surface area contributed by atoms with E-state index in [0.717, 1.165) is 20.4 Å². The second-order valence-corrected chi connectivity index (χ2v) is 12.1. The highest BCUT2D eigenvalue weighted by Crippen LogP contribution is 2.59. The highest BCUT2D eigenvalue weighted by Gasteiger charge is 2.46. The molecule has 0 unspecified atom stereocenters. The van der Waals surface area contributed by atoms with Crippen LogP contribution in [0.15, 0.2) is 97.1 Å². The normalized spacial score (nSPS) is 11.1. The molecule has 3 aromatic carbocycles. The number of thiophene rings is 1. The summed E-state index contributed by atoms with van der Waals surface area (Å²) in [7, 11) is -1.93. The fourth-order valence-corrected chi connectivity index (χ4v) is 9.44. The first-order valence-corrected chi connectivity index (χ1v) is 12.2. The molecule has 4 rings (SSSR count). The molecule has 4 aromatic rings. The Morgan fingerprint density at radius 3 is 1.36 bits per heavy atom. The minimum Gasteiger partial charge on any atom is -1.00 e. The minimum absolute atomic E-state index is 0. The summed E-state index contributed by atoms with van der Waals surface area (Å²) in [5, 5.41) is 4.04. The van der Waals surface area contributed by atoms with Gasteiger partial charge in [0.25, 0.3) is 0 Å². The lowest BCUT2D eigenvalue weighted by Gasteiger charge is -2.27. The van der Waals surface area contributed by atoms with Gasteiger partial charge in [-0.05, 0) is 42.5 Å². The molecule has 1 heterocycles. The van der Waals surface area contributed by atoms with Crippen LogP contribution in [-0.2, 0) is 6.16 Å². The van der Waals surface area contributed by atoms with Crippen molar-refractivity contribution in [1.82, 2.24) is 0 Å². The Labute approximate surface area is 191 Å². The maximum Gasteiger partial charge on any atom is 0.116 e. The zero-order valence-corrected chi connectivity index (χ0v) is 19.7. The molecule has 0 aliphatic rings. The average Bonchev–Trinajstić information content (AvgIpc) is 3.04. The van der Waals surface area contributed by atoms with Crippen molar-refractivity contribution >= 4 is 57.7 Å². The van der Waals surface area contributed by atoms with Crippen molar-refractivity contribution in [1.29, 1.82) is 0 Å². The third kappa shape index (κ3) is 4.22. The fourth-order valence-electron chi connectivity index (χ4n) is 3.51. The molecular formula is C23H18BrCl2PS. The van der Waals surface area contributed by atoms with Crippen molar-refractivity contribution in [2.45, 2.75) is 6.16 Å². The van der Waals surface area contributed by atoms with Gasteiger partial charge in [0.2, 0.25) is 0 Å². The van der Waals surface area contributed by atoms with Crippen molar-refractivity contribution in [2.75, 3.05) is 0 Å². The maximum atomic E-state index is 6.57. The second-order valence-electron chi connectivity index (χ2n) is 6.32. The van der Waals surface area contributed by atoms with E-state index in [9.17, 15) is 0 Å². The highest BCUT2D eigenvalue weighted by atomic mass is 79.9. The number of benzene rings is 3. The molecule has 0 nitrogen and oxygen atoms in total. The average molecular weight is 508 g/mol. The predicted octanol–water partition coefficient (Wildman–Crippen LogP) is 3.55. The molecule has 0 saturated heterocycles. The van der Waals surface area contributed by atoms with Gasteiger partial charge in [-0.3, -0.25) is 0 Å². The topological polar surface area (TPSA) is 0 Å². The van der Waals surface area contributed by atoms with Crippen LogP contribution in [0.5, 0.6) is 0 Å². The van der Waals surface area contributed by atoms with Gasteiger partial charge in [-0.25, -0.2) is 0 Å². The van der Waals surface area contributed by atoms with Crippen LogP contribution < -0.4 is 32.9 Å². The van der Waals surface area contributed by atoms with Crippen LogP contribution in [0.2, 0.25) is 8.67 Å². The lowest BCUT2D eigenvalue weighted by molar-refractivity contribution is -0.00000496. The first kappa shape index (κ1) is 21.6. The molecule has 0 spiro atoms. The van der Waals surface area contributed by atoms with Gasteiger partial charge in [0.05, 0.1) is 4.34 Å². The van der Waals surface area contributed by atoms with Crippen molar-refractivity contribution in [3.63, 3.8) is 0 Å². The Morgan fingerprint density at radius 1 is 0.643 bits per heavy atom. The molecule has 0 bridgehead atoms. The highest BCUT2D eigenvalue weighted by molar-refractivity contribution is 7.95. The fraction of sp³-hybridized carbons (Fsp3) is 0.0435. The quantitative estimate of drug-likeness (QED) is 0.362. The standard InChI is InChI=1S/C23H18Cl2PS.BrH/c24-22-16-18(23(25)27-22)17-26(19-10-4-1-5-11-19,20-12-6-2-7-13-20)21-14-8-3-9-15-21;/h1-16H,17H2;1H/q+1;/p-1. The van der Waals surface area contributed by atoms with Crippen LogP contribution in [0.3, 0.4) is 0 Å². The molecule has 0 fully saturated rings. The summed E-state index contributed by atoms with van der Waals surface area (Å²) >= 11 is 14.3. The van der Waals surface area contributed by atoms with E-state index in [1.54, 1.807) is 0 Å². The van der Waals surface area contributed by atoms with Crippen LogP contribution in [0.25, 0.3) is 0 Å². The predicted molar refractivity (Wildman–Crippen MR) is 123 cm³/mol. The summed E-state index contributed by atoms with van der Waals surface area (Å²) in [6.07, 6.45) is 0.854. The third-order valence-electron chi connectivity index (χ3n) is 4.73. The Bertz CT molecular complexity index is 924. The van der Waals surface area contributed by atoms with E-state index in [2.05, 4.69) is 91.0 Å². The molecule has 0 radical (unpaired) electrons. The molecular weight excluding hydrogens is 490 g/mol. The Balaban J connectivity index is 0.00000225. The van der Waals surface area contributed by atoms with E-state index >= 15 is 0 Å². The lowest BCUT2D eigenvalue weighted by Crippen LogP contribution is -3.00. The summed E-state index contributed by atoms with van der Waals surface area (Å²) in [4.78, 5) is 0. The van der Waals surface area contributed by atoms with E-state index in [4.69, 9.17) is 23.2 Å². The van der Waals surface area contributed by atoms with Gasteiger partial charge < -0.3 is 17.0 Å². The Kier molecular flexibility index (Phi) is 7.36. The third-order valence-corrected chi connectivity index (χ3v) is 10.6. The van der Waals surface area contributed by atoms with Gasteiger partial charge in [-0.2, -0.15) is 0 Å². The summed E-state index contributed by atoms with van der Waals surface area (Å²) < 4.78 is 1.52. The van der Waals surface area contributed by atoms with E-state index < -0.39 is 7.26 Å². The van der Waals surface area contributed by atoms with Crippen LogP contribution in [-0.4, -0.2) is 0 Å². The van der Waals surface area contributed by atoms with Crippen LogP contribution in [0.4, 0.5) is 0 Å². The zero-order valence-electron chi connectivity index (χ0n) is 14.9. The largest absolute Gasteiger partial charge is 1.00 e. The van der Waals surface area contributed by atoms with Crippen LogP contribution in [0, 0.1) is 0 Å². The van der Waals surface area contributed by atoms with E-state index in [1.807, 2.05) is 6.07 Å². The van der Waals surface area contributed by atoms with Gasteiger partial charge in [-0.1, -0.05) is 77.8 Å². The van der Waals surface area contributed by atoms with E-state index in [1.165, 1.54) is 27.3 Å². The number of halogens is 3. The van der Waals surface area contributed by atoms with Gasteiger partial charge in [0.1, 0.15) is 33.7 Å². The molecule has 0 aliphatic carbocycles. The smallest absolute Gasteiger partial charge is 0.116 e. The molecule has 0 aliphatic heterocycles. The van der Waals surface area contributed by atoms with E-state index in [-0.39, 0.29) is 17.0 Å². The van der Waals surface area contributed by atoms with Crippen molar-refractivity contribution < 1.29 is 17.0 Å². The van der Waals surface area contributed by atoms with Gasteiger partial charge in [0, 0.05) is 5.56 Å². The Hall–Kier alpha value is -1.15. The second kappa shape index (κ2) is 9.57. The summed E-state index contributed by atoms with van der Waals surface area (Å²) in [5.41, 5.74) is 1.12. The van der Waals surface area contributed by atoms with Crippen LogP contribution >= 0.6 is 41.8 Å². The monoisotopic (exact) mass is 506 g/mol. The van der Waals surface area contributed by atoms with Gasteiger partial charge >= 0.3 is 0 Å². The summed E-state index contributed by atoms with van der Waals surface area (Å²) in [6.45, 7) is 0. The number of hydrogen-bond acceptors (Lipinski definition) is 1. The molecule has 0 amide bonds. The minimum atomic E-state index is -1.93. The lowest BCUT2D eigenvalue weighted by atomic mass is 10.3. The van der Waals surface area contributed by atoms with Crippen molar-refractivity contribution in [2.24, 2.45) is 0 Å². The molecule has 1 aromatic heterocycles.